The maximum Gasteiger partial charge on any atom is 0.159 e. The lowest BCUT2D eigenvalue weighted by molar-refractivity contribution is 0.101. The molecule has 0 saturated carbocycles. The highest BCUT2D eigenvalue weighted by atomic mass is 16.1. The van der Waals surface area contributed by atoms with Crippen molar-refractivity contribution < 1.29 is 4.79 Å². The SMILES string of the molecule is CC(=O)c1ccccc1.CC(C)C. The lowest BCUT2D eigenvalue weighted by atomic mass is 10.2. The first kappa shape index (κ1) is 11.9. The molecule has 0 amide bonds. The normalized spacial score (nSPS) is 9.00. The zero-order chi connectivity index (χ0) is 10.3. The number of benzene rings is 1. The molecule has 0 radical (unpaired) electrons. The van der Waals surface area contributed by atoms with Crippen LogP contribution in [0.5, 0.6) is 0 Å². The molecular formula is C12H18O. The second-order valence-corrected chi connectivity index (χ2v) is 3.65. The van der Waals surface area contributed by atoms with Crippen molar-refractivity contribution in [2.45, 2.75) is 27.7 Å². The van der Waals surface area contributed by atoms with Crippen molar-refractivity contribution in [3.63, 3.8) is 0 Å². The summed E-state index contributed by atoms with van der Waals surface area (Å²) >= 11 is 0. The van der Waals surface area contributed by atoms with Crippen molar-refractivity contribution in [3.05, 3.63) is 35.9 Å². The van der Waals surface area contributed by atoms with Gasteiger partial charge in [0.1, 0.15) is 0 Å². The van der Waals surface area contributed by atoms with E-state index in [1.807, 2.05) is 30.3 Å². The molecule has 0 fully saturated rings. The molecule has 1 aromatic carbocycles. The lowest BCUT2D eigenvalue weighted by Crippen LogP contribution is -1.88. The van der Waals surface area contributed by atoms with Gasteiger partial charge in [0.25, 0.3) is 0 Å². The highest BCUT2D eigenvalue weighted by Crippen LogP contribution is 1.97. The van der Waals surface area contributed by atoms with Crippen LogP contribution in [-0.4, -0.2) is 5.78 Å². The largest absolute Gasteiger partial charge is 0.295 e. The van der Waals surface area contributed by atoms with Crippen molar-refractivity contribution in [1.82, 2.24) is 0 Å². The van der Waals surface area contributed by atoms with Gasteiger partial charge in [-0.1, -0.05) is 51.1 Å². The van der Waals surface area contributed by atoms with Gasteiger partial charge in [0.15, 0.2) is 5.78 Å². The number of carbonyl (C=O) groups excluding carboxylic acids is 1. The zero-order valence-corrected chi connectivity index (χ0v) is 8.87. The second-order valence-electron chi connectivity index (χ2n) is 3.65. The van der Waals surface area contributed by atoms with Gasteiger partial charge in [-0.15, -0.1) is 0 Å². The van der Waals surface area contributed by atoms with Crippen LogP contribution in [0.4, 0.5) is 0 Å². The molecule has 0 aliphatic carbocycles. The summed E-state index contributed by atoms with van der Waals surface area (Å²) in [7, 11) is 0. The molecule has 0 aliphatic heterocycles. The van der Waals surface area contributed by atoms with Crippen molar-refractivity contribution in [2.75, 3.05) is 0 Å². The van der Waals surface area contributed by atoms with Gasteiger partial charge in [0.2, 0.25) is 0 Å². The molecular weight excluding hydrogens is 160 g/mol. The highest BCUT2D eigenvalue weighted by Gasteiger charge is 1.92. The van der Waals surface area contributed by atoms with E-state index in [0.29, 0.717) is 0 Å². The van der Waals surface area contributed by atoms with Crippen molar-refractivity contribution >= 4 is 5.78 Å². The fourth-order valence-electron chi connectivity index (χ4n) is 0.673. The van der Waals surface area contributed by atoms with Gasteiger partial charge in [0, 0.05) is 5.56 Å². The van der Waals surface area contributed by atoms with Crippen LogP contribution < -0.4 is 0 Å². The summed E-state index contributed by atoms with van der Waals surface area (Å²) in [5.74, 6) is 0.954. The average Bonchev–Trinajstić information content (AvgIpc) is 2.05. The Morgan fingerprint density at radius 3 is 1.69 bits per heavy atom. The van der Waals surface area contributed by atoms with Gasteiger partial charge < -0.3 is 0 Å². The van der Waals surface area contributed by atoms with E-state index < -0.39 is 0 Å². The molecule has 0 unspecified atom stereocenters. The molecule has 0 aliphatic rings. The molecule has 0 atom stereocenters. The van der Waals surface area contributed by atoms with E-state index >= 15 is 0 Å². The zero-order valence-electron chi connectivity index (χ0n) is 8.87. The van der Waals surface area contributed by atoms with Gasteiger partial charge in [-0.05, 0) is 12.8 Å². The molecule has 0 bridgehead atoms. The van der Waals surface area contributed by atoms with Gasteiger partial charge in [-0.2, -0.15) is 0 Å². The van der Waals surface area contributed by atoms with E-state index in [0.717, 1.165) is 11.5 Å². The standard InChI is InChI=1S/C8H8O.C4H10/c1-7(9)8-5-3-2-4-6-8;1-4(2)3/h2-6H,1H3;4H,1-3H3. The smallest absolute Gasteiger partial charge is 0.159 e. The minimum Gasteiger partial charge on any atom is -0.295 e. The molecule has 13 heavy (non-hydrogen) atoms. The van der Waals surface area contributed by atoms with Crippen LogP contribution in [0.3, 0.4) is 0 Å². The summed E-state index contributed by atoms with van der Waals surface area (Å²) in [6.07, 6.45) is 0. The molecule has 0 aromatic heterocycles. The quantitative estimate of drug-likeness (QED) is 0.601. The van der Waals surface area contributed by atoms with Crippen molar-refractivity contribution in [2.24, 2.45) is 5.92 Å². The lowest BCUT2D eigenvalue weighted by Gasteiger charge is -1.89. The van der Waals surface area contributed by atoms with Crippen LogP contribution in [0, 0.1) is 5.92 Å². The predicted octanol–water partition coefficient (Wildman–Crippen LogP) is 3.55. The monoisotopic (exact) mass is 178 g/mol. The Hall–Kier alpha value is -1.11. The van der Waals surface area contributed by atoms with Gasteiger partial charge >= 0.3 is 0 Å². The predicted molar refractivity (Wildman–Crippen MR) is 57.0 cm³/mol. The van der Waals surface area contributed by atoms with E-state index in [1.54, 1.807) is 6.92 Å². The van der Waals surface area contributed by atoms with Crippen molar-refractivity contribution in [1.29, 1.82) is 0 Å². The molecule has 0 saturated heterocycles. The summed E-state index contributed by atoms with van der Waals surface area (Å²) in [5, 5.41) is 0. The van der Waals surface area contributed by atoms with E-state index in [1.165, 1.54) is 0 Å². The molecule has 0 spiro atoms. The van der Waals surface area contributed by atoms with Crippen LogP contribution in [0.2, 0.25) is 0 Å². The maximum absolute atomic E-state index is 10.6. The molecule has 1 nitrogen and oxygen atoms in total. The first-order valence-electron chi connectivity index (χ1n) is 4.60. The minimum absolute atomic E-state index is 0.121. The topological polar surface area (TPSA) is 17.1 Å². The summed E-state index contributed by atoms with van der Waals surface area (Å²) in [6.45, 7) is 8.06. The summed E-state index contributed by atoms with van der Waals surface area (Å²) in [6, 6.07) is 9.23. The molecule has 1 heteroatoms. The molecule has 1 aromatic rings. The molecule has 1 rings (SSSR count). The Balaban J connectivity index is 0.000000310. The first-order valence-corrected chi connectivity index (χ1v) is 4.60. The van der Waals surface area contributed by atoms with E-state index in [4.69, 9.17) is 0 Å². The third-order valence-electron chi connectivity index (χ3n) is 1.18. The second kappa shape index (κ2) is 6.41. The minimum atomic E-state index is 0.121. The van der Waals surface area contributed by atoms with Crippen molar-refractivity contribution in [3.8, 4) is 0 Å². The Labute approximate surface area is 80.8 Å². The summed E-state index contributed by atoms with van der Waals surface area (Å²) in [4.78, 5) is 10.6. The Morgan fingerprint density at radius 2 is 1.46 bits per heavy atom. The average molecular weight is 178 g/mol. The van der Waals surface area contributed by atoms with Crippen LogP contribution in [0.25, 0.3) is 0 Å². The maximum atomic E-state index is 10.6. The van der Waals surface area contributed by atoms with Crippen LogP contribution in [-0.2, 0) is 0 Å². The summed E-state index contributed by atoms with van der Waals surface area (Å²) in [5.41, 5.74) is 0.775. The number of hydrogen-bond donors (Lipinski definition) is 0. The van der Waals surface area contributed by atoms with E-state index in [9.17, 15) is 4.79 Å². The van der Waals surface area contributed by atoms with Crippen LogP contribution >= 0.6 is 0 Å². The number of hydrogen-bond acceptors (Lipinski definition) is 1. The van der Waals surface area contributed by atoms with E-state index in [-0.39, 0.29) is 5.78 Å². The number of ketones is 1. The number of rotatable bonds is 1. The third kappa shape index (κ3) is 7.26. The van der Waals surface area contributed by atoms with Crippen LogP contribution in [0.1, 0.15) is 38.1 Å². The third-order valence-corrected chi connectivity index (χ3v) is 1.18. The number of carbonyl (C=O) groups is 1. The Bertz CT molecular complexity index is 234. The molecule has 0 N–H and O–H groups in total. The fraction of sp³-hybridized carbons (Fsp3) is 0.417. The molecule has 72 valence electrons. The fourth-order valence-corrected chi connectivity index (χ4v) is 0.673. The van der Waals surface area contributed by atoms with Gasteiger partial charge in [-0.3, -0.25) is 4.79 Å². The molecule has 0 heterocycles. The number of Topliss-reactive ketones (excluding diaryl/α,β-unsaturated/α-hetero) is 1. The van der Waals surface area contributed by atoms with Gasteiger partial charge in [-0.25, -0.2) is 0 Å². The van der Waals surface area contributed by atoms with Crippen LogP contribution in [0.15, 0.2) is 30.3 Å². The Kier molecular flexibility index (Phi) is 5.86. The van der Waals surface area contributed by atoms with E-state index in [2.05, 4.69) is 20.8 Å². The summed E-state index contributed by atoms with van der Waals surface area (Å²) < 4.78 is 0. The van der Waals surface area contributed by atoms with Gasteiger partial charge in [0.05, 0.1) is 0 Å². The first-order chi connectivity index (χ1) is 6.04. The highest BCUT2D eigenvalue weighted by molar-refractivity contribution is 5.93. The Morgan fingerprint density at radius 1 is 1.08 bits per heavy atom.